The summed E-state index contributed by atoms with van der Waals surface area (Å²) in [5.41, 5.74) is 0.330. The number of carbonyl (C=O) groups excluding carboxylic acids is 1. The quantitative estimate of drug-likeness (QED) is 0.766. The van der Waals surface area contributed by atoms with Gasteiger partial charge in [-0.1, -0.05) is 0 Å². The molecule has 110 valence electrons. The maximum atomic E-state index is 11.8. The summed E-state index contributed by atoms with van der Waals surface area (Å²) in [4.78, 5) is 26.4. The van der Waals surface area contributed by atoms with E-state index in [9.17, 15) is 9.59 Å². The molecule has 2 aromatic heterocycles. The van der Waals surface area contributed by atoms with Crippen molar-refractivity contribution in [2.24, 2.45) is 0 Å². The minimum atomic E-state index is -1.10. The Hall–Kier alpha value is -2.90. The van der Waals surface area contributed by atoms with Crippen molar-refractivity contribution in [1.82, 2.24) is 20.1 Å². The molecule has 2 rings (SSSR count). The van der Waals surface area contributed by atoms with E-state index in [-0.39, 0.29) is 11.6 Å². The molecule has 8 heteroatoms. The molecule has 2 aromatic rings. The van der Waals surface area contributed by atoms with Gasteiger partial charge < -0.3 is 15.7 Å². The van der Waals surface area contributed by atoms with Gasteiger partial charge in [0, 0.05) is 24.6 Å². The summed E-state index contributed by atoms with van der Waals surface area (Å²) in [6, 6.07) is 2.57. The Kier molecular flexibility index (Phi) is 4.50. The summed E-state index contributed by atoms with van der Waals surface area (Å²) in [6.07, 6.45) is 6.06. The summed E-state index contributed by atoms with van der Waals surface area (Å²) in [7, 11) is 0. The SMILES string of the molecule is CC(Cn1cccn1)NC(=O)Nc1cncc(C(=O)O)c1. The molecule has 0 radical (unpaired) electrons. The van der Waals surface area contributed by atoms with Crippen LogP contribution in [0.3, 0.4) is 0 Å². The molecule has 2 amide bonds. The number of rotatable bonds is 5. The predicted molar refractivity (Wildman–Crippen MR) is 75.0 cm³/mol. The van der Waals surface area contributed by atoms with E-state index in [1.807, 2.05) is 6.92 Å². The average Bonchev–Trinajstić information content (AvgIpc) is 2.91. The lowest BCUT2D eigenvalue weighted by molar-refractivity contribution is 0.0696. The van der Waals surface area contributed by atoms with E-state index in [0.717, 1.165) is 0 Å². The van der Waals surface area contributed by atoms with Crippen LogP contribution in [-0.2, 0) is 6.54 Å². The van der Waals surface area contributed by atoms with E-state index < -0.39 is 12.0 Å². The number of hydrogen-bond donors (Lipinski definition) is 3. The molecule has 3 N–H and O–H groups in total. The van der Waals surface area contributed by atoms with Crippen LogP contribution in [0, 0.1) is 0 Å². The van der Waals surface area contributed by atoms with Gasteiger partial charge in [-0.3, -0.25) is 9.67 Å². The number of aromatic carboxylic acids is 1. The first-order chi connectivity index (χ1) is 10.0. The molecule has 0 saturated heterocycles. The number of carboxylic acid groups (broad SMARTS) is 1. The molecular weight excluding hydrogens is 274 g/mol. The largest absolute Gasteiger partial charge is 0.478 e. The van der Waals surface area contributed by atoms with Crippen molar-refractivity contribution in [3.63, 3.8) is 0 Å². The van der Waals surface area contributed by atoms with Crippen molar-refractivity contribution < 1.29 is 14.7 Å². The number of pyridine rings is 1. The molecule has 0 aliphatic rings. The number of hydrogen-bond acceptors (Lipinski definition) is 4. The van der Waals surface area contributed by atoms with Crippen LogP contribution in [0.5, 0.6) is 0 Å². The van der Waals surface area contributed by atoms with Crippen LogP contribution in [0.2, 0.25) is 0 Å². The molecule has 0 aliphatic heterocycles. The van der Waals surface area contributed by atoms with Crippen molar-refractivity contribution in [3.05, 3.63) is 42.5 Å². The summed E-state index contributed by atoms with van der Waals surface area (Å²) in [6.45, 7) is 2.38. The van der Waals surface area contributed by atoms with Crippen molar-refractivity contribution in [3.8, 4) is 0 Å². The Bertz CT molecular complexity index is 626. The standard InChI is InChI=1S/C13H15N5O3/c1-9(8-18-4-2-3-15-18)16-13(21)17-11-5-10(12(19)20)6-14-7-11/h2-7,9H,8H2,1H3,(H,19,20)(H2,16,17,21). The smallest absolute Gasteiger partial charge is 0.337 e. The van der Waals surface area contributed by atoms with Crippen molar-refractivity contribution in [2.45, 2.75) is 19.5 Å². The number of anilines is 1. The fourth-order valence-electron chi connectivity index (χ4n) is 1.75. The van der Waals surface area contributed by atoms with Crippen LogP contribution in [0.25, 0.3) is 0 Å². The molecule has 0 fully saturated rings. The molecule has 0 aliphatic carbocycles. The number of carboxylic acids is 1. The van der Waals surface area contributed by atoms with Crippen LogP contribution < -0.4 is 10.6 Å². The third-order valence-corrected chi connectivity index (χ3v) is 2.64. The zero-order valence-electron chi connectivity index (χ0n) is 11.4. The Balaban J connectivity index is 1.89. The number of aromatic nitrogens is 3. The van der Waals surface area contributed by atoms with Gasteiger partial charge in [-0.15, -0.1) is 0 Å². The van der Waals surface area contributed by atoms with Gasteiger partial charge >= 0.3 is 12.0 Å². The summed E-state index contributed by atoms with van der Waals surface area (Å²) >= 11 is 0. The second-order valence-electron chi connectivity index (χ2n) is 4.50. The zero-order chi connectivity index (χ0) is 15.2. The molecular formula is C13H15N5O3. The molecule has 0 aromatic carbocycles. The lowest BCUT2D eigenvalue weighted by Gasteiger charge is -2.14. The van der Waals surface area contributed by atoms with Crippen LogP contribution in [0.15, 0.2) is 36.9 Å². The highest BCUT2D eigenvalue weighted by atomic mass is 16.4. The van der Waals surface area contributed by atoms with Crippen molar-refractivity contribution >= 4 is 17.7 Å². The van der Waals surface area contributed by atoms with E-state index >= 15 is 0 Å². The normalized spacial score (nSPS) is 11.7. The second kappa shape index (κ2) is 6.51. The van der Waals surface area contributed by atoms with E-state index in [2.05, 4.69) is 20.7 Å². The van der Waals surface area contributed by atoms with Crippen LogP contribution in [-0.4, -0.2) is 37.9 Å². The number of urea groups is 1. The van der Waals surface area contributed by atoms with Gasteiger partial charge in [0.2, 0.25) is 0 Å². The van der Waals surface area contributed by atoms with Crippen LogP contribution in [0.4, 0.5) is 10.5 Å². The topological polar surface area (TPSA) is 109 Å². The highest BCUT2D eigenvalue weighted by molar-refractivity contribution is 5.92. The number of amides is 2. The van der Waals surface area contributed by atoms with Gasteiger partial charge in [0.05, 0.1) is 24.0 Å². The van der Waals surface area contributed by atoms with E-state index in [1.54, 1.807) is 23.1 Å². The van der Waals surface area contributed by atoms with Gasteiger partial charge in [-0.2, -0.15) is 5.10 Å². The fourth-order valence-corrected chi connectivity index (χ4v) is 1.75. The lowest BCUT2D eigenvalue weighted by atomic mass is 10.2. The Morgan fingerprint density at radius 3 is 2.90 bits per heavy atom. The molecule has 0 bridgehead atoms. The number of nitrogens with one attached hydrogen (secondary N) is 2. The molecule has 0 spiro atoms. The maximum absolute atomic E-state index is 11.8. The van der Waals surface area contributed by atoms with Crippen LogP contribution >= 0.6 is 0 Å². The zero-order valence-corrected chi connectivity index (χ0v) is 11.4. The molecule has 1 unspecified atom stereocenters. The Labute approximate surface area is 120 Å². The molecule has 2 heterocycles. The fraction of sp³-hybridized carbons (Fsp3) is 0.231. The summed E-state index contributed by atoms with van der Waals surface area (Å²) in [5.74, 6) is -1.10. The molecule has 0 saturated carbocycles. The monoisotopic (exact) mass is 289 g/mol. The van der Waals surface area contributed by atoms with E-state index in [0.29, 0.717) is 12.2 Å². The third kappa shape index (κ3) is 4.30. The highest BCUT2D eigenvalue weighted by Gasteiger charge is 2.10. The number of carbonyl (C=O) groups is 2. The average molecular weight is 289 g/mol. The van der Waals surface area contributed by atoms with Crippen molar-refractivity contribution in [1.29, 1.82) is 0 Å². The van der Waals surface area contributed by atoms with E-state index in [4.69, 9.17) is 5.11 Å². The predicted octanol–water partition coefficient (Wildman–Crippen LogP) is 1.19. The van der Waals surface area contributed by atoms with Crippen LogP contribution in [0.1, 0.15) is 17.3 Å². The van der Waals surface area contributed by atoms with Crippen molar-refractivity contribution in [2.75, 3.05) is 5.32 Å². The first-order valence-corrected chi connectivity index (χ1v) is 6.28. The first kappa shape index (κ1) is 14.5. The number of nitrogens with zero attached hydrogens (tertiary/aromatic N) is 3. The maximum Gasteiger partial charge on any atom is 0.337 e. The van der Waals surface area contributed by atoms with Gasteiger partial charge in [-0.05, 0) is 19.1 Å². The molecule has 1 atom stereocenters. The highest BCUT2D eigenvalue weighted by Crippen LogP contribution is 2.08. The van der Waals surface area contributed by atoms with Gasteiger partial charge in [0.25, 0.3) is 0 Å². The third-order valence-electron chi connectivity index (χ3n) is 2.64. The van der Waals surface area contributed by atoms with Gasteiger partial charge in [0.1, 0.15) is 0 Å². The molecule has 21 heavy (non-hydrogen) atoms. The Morgan fingerprint density at radius 1 is 1.43 bits per heavy atom. The first-order valence-electron chi connectivity index (χ1n) is 6.28. The molecule has 8 nitrogen and oxygen atoms in total. The second-order valence-corrected chi connectivity index (χ2v) is 4.50. The lowest BCUT2D eigenvalue weighted by Crippen LogP contribution is -2.38. The minimum Gasteiger partial charge on any atom is -0.478 e. The summed E-state index contributed by atoms with van der Waals surface area (Å²) in [5, 5.41) is 18.2. The Morgan fingerprint density at radius 2 is 2.24 bits per heavy atom. The van der Waals surface area contributed by atoms with Gasteiger partial charge in [-0.25, -0.2) is 9.59 Å². The van der Waals surface area contributed by atoms with E-state index in [1.165, 1.54) is 18.5 Å². The summed E-state index contributed by atoms with van der Waals surface area (Å²) < 4.78 is 1.71. The minimum absolute atomic E-state index is 0.0115. The van der Waals surface area contributed by atoms with Gasteiger partial charge in [0.15, 0.2) is 0 Å².